The van der Waals surface area contributed by atoms with Crippen molar-refractivity contribution in [2.75, 3.05) is 7.11 Å². The van der Waals surface area contributed by atoms with Crippen LogP contribution >= 0.6 is 11.6 Å². The number of carbonyl (C=O) groups is 1. The van der Waals surface area contributed by atoms with Crippen LogP contribution in [0.5, 0.6) is 0 Å². The second-order valence-corrected chi connectivity index (χ2v) is 9.45. The Balaban J connectivity index is 3.17. The molecular weight excluding hydrogens is 338 g/mol. The van der Waals surface area contributed by atoms with Crippen molar-refractivity contribution >= 4 is 27.6 Å². The standard InChI is InChI=1S/C16H24ClNO4S/c1-15(2,3)10-16(4,5)18-23(20,21)11-7-8-13(17)12(9-11)14(19)22-6/h7-9,18H,10H2,1-6H3. The second kappa shape index (κ2) is 6.79. The van der Waals surface area contributed by atoms with Crippen molar-refractivity contribution in [3.63, 3.8) is 0 Å². The lowest BCUT2D eigenvalue weighted by atomic mass is 9.82. The Hall–Kier alpha value is -1.11. The molecule has 0 unspecified atom stereocenters. The summed E-state index contributed by atoms with van der Waals surface area (Å²) in [5.74, 6) is -0.680. The fourth-order valence-corrected chi connectivity index (χ4v) is 4.35. The number of benzene rings is 1. The van der Waals surface area contributed by atoms with Gasteiger partial charge in [0.15, 0.2) is 0 Å². The minimum atomic E-state index is -3.79. The zero-order valence-electron chi connectivity index (χ0n) is 14.4. The highest BCUT2D eigenvalue weighted by Gasteiger charge is 2.31. The number of carbonyl (C=O) groups excluding carboxylic acids is 1. The van der Waals surface area contributed by atoms with E-state index < -0.39 is 21.5 Å². The molecule has 0 aromatic heterocycles. The molecule has 0 saturated heterocycles. The zero-order valence-corrected chi connectivity index (χ0v) is 15.9. The highest BCUT2D eigenvalue weighted by Crippen LogP contribution is 2.29. The van der Waals surface area contributed by atoms with Crippen LogP contribution in [0.4, 0.5) is 0 Å². The zero-order chi connectivity index (χ0) is 18.1. The quantitative estimate of drug-likeness (QED) is 0.813. The molecular formula is C16H24ClNO4S. The molecule has 0 bridgehead atoms. The fourth-order valence-electron chi connectivity index (χ4n) is 2.72. The van der Waals surface area contributed by atoms with Crippen molar-refractivity contribution in [2.45, 2.75) is 51.5 Å². The van der Waals surface area contributed by atoms with Crippen molar-refractivity contribution in [3.05, 3.63) is 28.8 Å². The number of methoxy groups -OCH3 is 1. The van der Waals surface area contributed by atoms with Crippen LogP contribution < -0.4 is 4.72 Å². The van der Waals surface area contributed by atoms with Gasteiger partial charge in [-0.25, -0.2) is 17.9 Å². The van der Waals surface area contributed by atoms with Gasteiger partial charge in [0, 0.05) is 5.54 Å². The first kappa shape index (κ1) is 19.9. The lowest BCUT2D eigenvalue weighted by molar-refractivity contribution is 0.0600. The smallest absolute Gasteiger partial charge is 0.339 e. The van der Waals surface area contributed by atoms with Crippen LogP contribution in [0, 0.1) is 5.41 Å². The predicted molar refractivity (Wildman–Crippen MR) is 91.3 cm³/mol. The molecule has 7 heteroatoms. The van der Waals surface area contributed by atoms with Gasteiger partial charge in [0.2, 0.25) is 10.0 Å². The largest absolute Gasteiger partial charge is 0.465 e. The highest BCUT2D eigenvalue weighted by molar-refractivity contribution is 7.89. The molecule has 1 aromatic carbocycles. The van der Waals surface area contributed by atoms with Gasteiger partial charge in [0.1, 0.15) is 0 Å². The van der Waals surface area contributed by atoms with Crippen LogP contribution in [0.1, 0.15) is 51.4 Å². The molecule has 0 heterocycles. The van der Waals surface area contributed by atoms with E-state index in [1.165, 1.54) is 25.3 Å². The lowest BCUT2D eigenvalue weighted by Gasteiger charge is -2.33. The van der Waals surface area contributed by atoms with Crippen LogP contribution in [-0.2, 0) is 14.8 Å². The summed E-state index contributed by atoms with van der Waals surface area (Å²) in [5, 5.41) is 0.143. The van der Waals surface area contributed by atoms with Gasteiger partial charge in [-0.1, -0.05) is 32.4 Å². The Morgan fingerprint density at radius 3 is 2.26 bits per heavy atom. The third kappa shape index (κ3) is 5.79. The summed E-state index contributed by atoms with van der Waals surface area (Å²) < 4.78 is 32.5. The first-order valence-electron chi connectivity index (χ1n) is 7.19. The topological polar surface area (TPSA) is 72.5 Å². The van der Waals surface area contributed by atoms with Crippen LogP contribution in [0.25, 0.3) is 0 Å². The van der Waals surface area contributed by atoms with Gasteiger partial charge in [-0.05, 0) is 43.9 Å². The number of halogens is 1. The molecule has 1 aromatic rings. The van der Waals surface area contributed by atoms with Gasteiger partial charge in [-0.15, -0.1) is 0 Å². The third-order valence-electron chi connectivity index (χ3n) is 3.04. The van der Waals surface area contributed by atoms with E-state index in [0.29, 0.717) is 6.42 Å². The SMILES string of the molecule is COC(=O)c1cc(S(=O)(=O)NC(C)(C)CC(C)(C)C)ccc1Cl. The molecule has 0 amide bonds. The van der Waals surface area contributed by atoms with Crippen LogP contribution in [-0.4, -0.2) is 27.0 Å². The third-order valence-corrected chi connectivity index (χ3v) is 5.06. The van der Waals surface area contributed by atoms with Crippen LogP contribution in [0.15, 0.2) is 23.1 Å². The molecule has 130 valence electrons. The van der Waals surface area contributed by atoms with Gasteiger partial charge in [-0.3, -0.25) is 0 Å². The summed E-state index contributed by atoms with van der Waals surface area (Å²) in [6.07, 6.45) is 0.649. The lowest BCUT2D eigenvalue weighted by Crippen LogP contribution is -2.45. The molecule has 23 heavy (non-hydrogen) atoms. The molecule has 0 aliphatic carbocycles. The van der Waals surface area contributed by atoms with Gasteiger partial charge >= 0.3 is 5.97 Å². The summed E-state index contributed by atoms with van der Waals surface area (Å²) in [6, 6.07) is 3.97. The fraction of sp³-hybridized carbons (Fsp3) is 0.562. The Bertz CT molecular complexity index is 691. The van der Waals surface area contributed by atoms with E-state index in [1.54, 1.807) is 0 Å². The predicted octanol–water partition coefficient (Wildman–Crippen LogP) is 3.62. The van der Waals surface area contributed by atoms with Gasteiger partial charge in [-0.2, -0.15) is 0 Å². The van der Waals surface area contributed by atoms with E-state index in [9.17, 15) is 13.2 Å². The van der Waals surface area contributed by atoms with Crippen LogP contribution in [0.3, 0.4) is 0 Å². The minimum Gasteiger partial charge on any atom is -0.465 e. The van der Waals surface area contributed by atoms with E-state index in [4.69, 9.17) is 11.6 Å². The highest BCUT2D eigenvalue weighted by atomic mass is 35.5. The van der Waals surface area contributed by atoms with E-state index in [2.05, 4.69) is 9.46 Å². The number of hydrogen-bond donors (Lipinski definition) is 1. The summed E-state index contributed by atoms with van der Waals surface area (Å²) in [4.78, 5) is 11.6. The Kier molecular flexibility index (Phi) is 5.88. The average Bonchev–Trinajstić information content (AvgIpc) is 2.33. The maximum Gasteiger partial charge on any atom is 0.339 e. The Morgan fingerprint density at radius 1 is 1.22 bits per heavy atom. The number of nitrogens with one attached hydrogen (secondary N) is 1. The normalized spacial score (nSPS) is 13.0. The molecule has 0 spiro atoms. The summed E-state index contributed by atoms with van der Waals surface area (Å²) >= 11 is 5.92. The van der Waals surface area contributed by atoms with Crippen molar-refractivity contribution in [3.8, 4) is 0 Å². The molecule has 1 rings (SSSR count). The monoisotopic (exact) mass is 361 g/mol. The number of esters is 1. The van der Waals surface area contributed by atoms with Gasteiger partial charge < -0.3 is 4.74 Å². The van der Waals surface area contributed by atoms with Crippen molar-refractivity contribution in [1.29, 1.82) is 0 Å². The molecule has 0 fully saturated rings. The summed E-state index contributed by atoms with van der Waals surface area (Å²) in [5.41, 5.74) is -0.656. The maximum atomic E-state index is 12.6. The van der Waals surface area contributed by atoms with Gasteiger partial charge in [0.25, 0.3) is 0 Å². The summed E-state index contributed by atoms with van der Waals surface area (Å²) in [7, 11) is -2.57. The number of hydrogen-bond acceptors (Lipinski definition) is 4. The van der Waals surface area contributed by atoms with Crippen LogP contribution in [0.2, 0.25) is 5.02 Å². The number of ether oxygens (including phenoxy) is 1. The van der Waals surface area contributed by atoms with Crippen molar-refractivity contribution < 1.29 is 17.9 Å². The average molecular weight is 362 g/mol. The molecule has 1 N–H and O–H groups in total. The van der Waals surface area contributed by atoms with Crippen molar-refractivity contribution in [2.24, 2.45) is 5.41 Å². The number of rotatable bonds is 5. The number of sulfonamides is 1. The maximum absolute atomic E-state index is 12.6. The summed E-state index contributed by atoms with van der Waals surface area (Å²) in [6.45, 7) is 9.78. The first-order valence-corrected chi connectivity index (χ1v) is 9.05. The van der Waals surface area contributed by atoms with E-state index in [0.717, 1.165) is 0 Å². The Labute approximate surface area is 143 Å². The molecule has 0 saturated carbocycles. The van der Waals surface area contributed by atoms with E-state index in [1.807, 2.05) is 34.6 Å². The minimum absolute atomic E-state index is 0.0191. The first-order chi connectivity index (χ1) is 10.3. The second-order valence-electron chi connectivity index (χ2n) is 7.36. The van der Waals surface area contributed by atoms with Crippen molar-refractivity contribution in [1.82, 2.24) is 4.72 Å². The molecule has 0 aliphatic rings. The Morgan fingerprint density at radius 2 is 1.78 bits per heavy atom. The van der Waals surface area contributed by atoms with Gasteiger partial charge in [0.05, 0.1) is 22.6 Å². The molecule has 5 nitrogen and oxygen atoms in total. The van der Waals surface area contributed by atoms with E-state index in [-0.39, 0.29) is 20.9 Å². The molecule has 0 radical (unpaired) electrons. The molecule has 0 aliphatic heterocycles. The molecule has 0 atom stereocenters. The van der Waals surface area contributed by atoms with E-state index >= 15 is 0 Å².